The maximum Gasteiger partial charge on any atom is -0.0380 e. The van der Waals surface area contributed by atoms with Crippen LogP contribution < -0.4 is 0 Å². The summed E-state index contributed by atoms with van der Waals surface area (Å²) in [6, 6.07) is 104. The van der Waals surface area contributed by atoms with E-state index in [-0.39, 0.29) is 14.5 Å². The van der Waals surface area contributed by atoms with E-state index in [0.29, 0.717) is 0 Å². The molecule has 366 valence electrons. The van der Waals surface area contributed by atoms with Crippen molar-refractivity contribution in [3.63, 3.8) is 0 Å². The summed E-state index contributed by atoms with van der Waals surface area (Å²) < 4.78 is 7.69. The molecule has 3 heterocycles. The van der Waals surface area contributed by atoms with Crippen LogP contribution in [-0.2, 0) is 0 Å². The van der Waals surface area contributed by atoms with Crippen LogP contribution >= 0.6 is 0 Å². The van der Waals surface area contributed by atoms with Gasteiger partial charge in [0.1, 0.15) is 0 Å². The van der Waals surface area contributed by atoms with Crippen molar-refractivity contribution in [3.05, 3.63) is 279 Å². The molecule has 3 aromatic heterocycles. The molecule has 0 aliphatic rings. The van der Waals surface area contributed by atoms with Crippen molar-refractivity contribution in [3.8, 4) is 55.9 Å². The van der Waals surface area contributed by atoms with E-state index in [1.165, 1.54) is 162 Å². The van der Waals surface area contributed by atoms with Crippen LogP contribution in [-0.4, -0.2) is 23.6 Å². The van der Waals surface area contributed by atoms with Crippen molar-refractivity contribution >= 4 is 120 Å². The van der Waals surface area contributed by atoms with E-state index in [4.69, 9.17) is 0 Å². The average Bonchev–Trinajstić information content (AvgIpc) is 4.41. The van der Waals surface area contributed by atoms with Gasteiger partial charge in [-0.1, -0.05) is 54.6 Å². The minimum absolute atomic E-state index is 0.0516. The molecular weight excluding hydrogens is 1020 g/mol. The summed E-state index contributed by atoms with van der Waals surface area (Å²) in [5.41, 5.74) is 17.4. The van der Waals surface area contributed by atoms with Gasteiger partial charge >= 0.3 is 374 Å². The molecule has 0 fully saturated rings. The molecule has 0 saturated carbocycles. The Morgan fingerprint density at radius 2 is 0.570 bits per heavy atom. The van der Waals surface area contributed by atoms with E-state index in [9.17, 15) is 0 Å². The molecule has 0 atom stereocenters. The first-order valence-corrected chi connectivity index (χ1v) is 29.0. The minimum atomic E-state index is 0.0516. The summed E-state index contributed by atoms with van der Waals surface area (Å²) in [7, 11) is 0. The predicted octanol–water partition coefficient (Wildman–Crippen LogP) is 20.5. The van der Waals surface area contributed by atoms with E-state index >= 15 is 0 Å². The minimum Gasteiger partial charge on any atom is -0.0602 e. The molecule has 0 spiro atoms. The smallest absolute Gasteiger partial charge is 0.0380 e. The number of hydrogen-bond acceptors (Lipinski definition) is 0. The van der Waals surface area contributed by atoms with Crippen LogP contribution in [0.2, 0.25) is 0 Å². The molecule has 0 bridgehead atoms. The molecule has 0 aliphatic carbocycles. The number of rotatable bonds is 6. The average molecular weight is 1070 g/mol. The molecule has 0 saturated heterocycles. The standard InChI is InChI=1S/C76H46N2Se/c1-3-21-49(22-4-1)77-66-38-17-15-25-51(66)64-45-47(41-43-68(64)77)71-53-27-7-11-31-57(53)73(58-32-12-8-28-54(58)71)61-35-20-40-70-75(61)63-37-19-36-62(76(63)79-70)74-59-33-13-9-29-55(59)72(56-30-10-14-34-60(56)74)48-42-44-69-65(46-48)52-26-16-18-39-67(52)78(69)50-23-5-2-6-24-50/h1-46H. The third-order valence-electron chi connectivity index (χ3n) is 16.9. The Morgan fingerprint density at radius 1 is 0.228 bits per heavy atom. The molecule has 2 nitrogen and oxygen atoms in total. The Bertz CT molecular complexity index is 5250. The van der Waals surface area contributed by atoms with Crippen LogP contribution in [0, 0.1) is 0 Å². The topological polar surface area (TPSA) is 9.86 Å². The summed E-state index contributed by atoms with van der Waals surface area (Å²) in [6.07, 6.45) is 0. The molecule has 0 aliphatic heterocycles. The van der Waals surface area contributed by atoms with Crippen LogP contribution in [0.4, 0.5) is 0 Å². The Balaban J connectivity index is 0.872. The Labute approximate surface area is 461 Å². The fourth-order valence-corrected chi connectivity index (χ4v) is 16.3. The van der Waals surface area contributed by atoms with E-state index in [0.717, 1.165) is 0 Å². The summed E-state index contributed by atoms with van der Waals surface area (Å²) in [5.74, 6) is 0. The second-order valence-corrected chi connectivity index (χ2v) is 23.2. The molecular formula is C76H46N2Se. The molecule has 0 N–H and O–H groups in total. The van der Waals surface area contributed by atoms with Gasteiger partial charge in [-0.2, -0.15) is 0 Å². The second-order valence-electron chi connectivity index (χ2n) is 21.0. The van der Waals surface area contributed by atoms with Crippen LogP contribution in [0.3, 0.4) is 0 Å². The van der Waals surface area contributed by atoms with Crippen molar-refractivity contribution in [1.82, 2.24) is 9.13 Å². The van der Waals surface area contributed by atoms with Gasteiger partial charge < -0.3 is 0 Å². The molecule has 79 heavy (non-hydrogen) atoms. The number of hydrogen-bond donors (Lipinski definition) is 0. The van der Waals surface area contributed by atoms with Gasteiger partial charge in [0, 0.05) is 5.69 Å². The zero-order valence-corrected chi connectivity index (χ0v) is 44.6. The normalized spacial score (nSPS) is 12.1. The van der Waals surface area contributed by atoms with Gasteiger partial charge in [-0.25, -0.2) is 0 Å². The van der Waals surface area contributed by atoms with Gasteiger partial charge in [0.2, 0.25) is 0 Å². The van der Waals surface area contributed by atoms with Gasteiger partial charge in [-0.3, -0.25) is 0 Å². The van der Waals surface area contributed by atoms with E-state index in [1.54, 1.807) is 0 Å². The van der Waals surface area contributed by atoms with Crippen molar-refractivity contribution in [2.75, 3.05) is 0 Å². The number of aromatic nitrogens is 2. The largest absolute Gasteiger partial charge is 0.0602 e. The van der Waals surface area contributed by atoms with Crippen LogP contribution in [0.5, 0.6) is 0 Å². The summed E-state index contributed by atoms with van der Waals surface area (Å²) in [6.45, 7) is 0. The van der Waals surface area contributed by atoms with Crippen molar-refractivity contribution in [1.29, 1.82) is 0 Å². The number of fused-ring (bicyclic) bond motifs is 13. The first kappa shape index (κ1) is 44.4. The summed E-state index contributed by atoms with van der Waals surface area (Å²) in [4.78, 5) is 0. The number of benzene rings is 14. The first-order chi connectivity index (χ1) is 39.2. The Kier molecular flexibility index (Phi) is 9.76. The van der Waals surface area contributed by atoms with Crippen LogP contribution in [0.25, 0.3) is 162 Å². The third-order valence-corrected chi connectivity index (χ3v) is 19.4. The van der Waals surface area contributed by atoms with E-state index in [1.807, 2.05) is 0 Å². The van der Waals surface area contributed by atoms with E-state index < -0.39 is 0 Å². The maximum atomic E-state index is 2.44. The molecule has 14 aromatic carbocycles. The second kappa shape index (κ2) is 17.4. The van der Waals surface area contributed by atoms with Gasteiger partial charge in [0.25, 0.3) is 0 Å². The quantitative estimate of drug-likeness (QED) is 0.116. The van der Waals surface area contributed by atoms with Crippen molar-refractivity contribution in [2.24, 2.45) is 0 Å². The molecule has 17 aromatic rings. The monoisotopic (exact) mass is 1070 g/mol. The Morgan fingerprint density at radius 3 is 1.03 bits per heavy atom. The summed E-state index contributed by atoms with van der Waals surface area (Å²) in [5, 5.41) is 17.9. The zero-order chi connectivity index (χ0) is 51.7. The molecule has 0 unspecified atom stereocenters. The molecule has 0 amide bonds. The van der Waals surface area contributed by atoms with Crippen molar-refractivity contribution in [2.45, 2.75) is 0 Å². The van der Waals surface area contributed by atoms with Gasteiger partial charge in [0.05, 0.1) is 0 Å². The molecule has 3 heteroatoms. The third kappa shape index (κ3) is 6.52. The fraction of sp³-hybridized carbons (Fsp3) is 0. The summed E-state index contributed by atoms with van der Waals surface area (Å²) >= 11 is 0.0516. The fourth-order valence-electron chi connectivity index (χ4n) is 13.7. The van der Waals surface area contributed by atoms with Gasteiger partial charge in [-0.05, 0) is 30.3 Å². The first-order valence-electron chi connectivity index (χ1n) is 27.2. The van der Waals surface area contributed by atoms with E-state index in [2.05, 4.69) is 288 Å². The maximum absolute atomic E-state index is 2.44. The zero-order valence-electron chi connectivity index (χ0n) is 42.9. The predicted molar refractivity (Wildman–Crippen MR) is 339 cm³/mol. The van der Waals surface area contributed by atoms with Crippen molar-refractivity contribution < 1.29 is 0 Å². The van der Waals surface area contributed by atoms with Crippen LogP contribution in [0.15, 0.2) is 279 Å². The number of para-hydroxylation sites is 4. The van der Waals surface area contributed by atoms with Gasteiger partial charge in [-0.15, -0.1) is 0 Å². The molecule has 0 radical (unpaired) electrons. The Hall–Kier alpha value is -9.76. The molecule has 17 rings (SSSR count). The van der Waals surface area contributed by atoms with Gasteiger partial charge in [0.15, 0.2) is 0 Å². The number of nitrogens with zero attached hydrogens (tertiary/aromatic N) is 2. The van der Waals surface area contributed by atoms with Crippen LogP contribution in [0.1, 0.15) is 0 Å². The SMILES string of the molecule is c1ccc(-n2c3ccccc3c3cc(-c4c5ccccc5c(-c5cccc6c5[se]c5cccc(-c7c8ccccc8c(-c8ccc9c(c8)c8ccccc8n9-c8ccccc8)c8ccccc78)c56)c5ccccc45)ccc32)cc1.